The van der Waals surface area contributed by atoms with Crippen LogP contribution in [0.1, 0.15) is 32.8 Å². The third-order valence-corrected chi connectivity index (χ3v) is 2.74. The van der Waals surface area contributed by atoms with Crippen LogP contribution in [0, 0.1) is 11.3 Å². The number of nitrogens with one attached hydrogen (secondary N) is 1. The Kier molecular flexibility index (Phi) is 3.31. The van der Waals surface area contributed by atoms with Crippen molar-refractivity contribution in [2.45, 2.75) is 38.4 Å². The van der Waals surface area contributed by atoms with E-state index in [-0.39, 0.29) is 12.3 Å². The number of carbonyl (C=O) groups excluding carboxylic acids is 1. The topological polar surface area (TPSA) is 71.3 Å². The lowest BCUT2D eigenvalue weighted by Crippen LogP contribution is -2.39. The van der Waals surface area contributed by atoms with Crippen LogP contribution in [0.25, 0.3) is 0 Å². The Morgan fingerprint density at radius 1 is 1.37 bits per heavy atom. The van der Waals surface area contributed by atoms with Crippen molar-refractivity contribution < 1.29 is 14.6 Å². The normalized spacial score (nSPS) is 21.7. The highest BCUT2D eigenvalue weighted by molar-refractivity contribution is 6.05. The van der Waals surface area contributed by atoms with Gasteiger partial charge in [-0.3, -0.25) is 4.79 Å². The van der Waals surface area contributed by atoms with Gasteiger partial charge in [0, 0.05) is 11.3 Å². The maximum absolute atomic E-state index is 12.2. The number of nitriles is 1. The predicted octanol–water partition coefficient (Wildman–Crippen LogP) is 2.49. The van der Waals surface area contributed by atoms with Crippen LogP contribution in [-0.2, 0) is 20.2 Å². The van der Waals surface area contributed by atoms with E-state index in [1.807, 2.05) is 32.9 Å². The minimum atomic E-state index is -1.39. The van der Waals surface area contributed by atoms with Gasteiger partial charge < -0.3 is 5.32 Å². The molecular formula is C14H16N2O3. The molecule has 0 saturated heterocycles. The van der Waals surface area contributed by atoms with Gasteiger partial charge in [0.1, 0.15) is 0 Å². The summed E-state index contributed by atoms with van der Waals surface area (Å²) in [6.45, 7) is 5.43. The number of anilines is 1. The van der Waals surface area contributed by atoms with Crippen molar-refractivity contribution in [3.05, 3.63) is 29.8 Å². The summed E-state index contributed by atoms with van der Waals surface area (Å²) >= 11 is 0. The van der Waals surface area contributed by atoms with E-state index >= 15 is 0 Å². The highest BCUT2D eigenvalue weighted by Gasteiger charge is 2.50. The van der Waals surface area contributed by atoms with Crippen molar-refractivity contribution in [2.24, 2.45) is 0 Å². The van der Waals surface area contributed by atoms with Gasteiger partial charge >= 0.3 is 0 Å². The van der Waals surface area contributed by atoms with Crippen molar-refractivity contribution in [3.8, 4) is 6.07 Å². The maximum Gasteiger partial charge on any atom is 0.265 e. The molecule has 0 fully saturated rings. The fraction of sp³-hybridized carbons (Fsp3) is 0.429. The molecule has 0 radical (unpaired) electrons. The number of nitrogens with zero attached hydrogens (tertiary/aromatic N) is 1. The molecule has 1 aromatic carbocycles. The van der Waals surface area contributed by atoms with Crippen molar-refractivity contribution in [1.82, 2.24) is 0 Å². The fourth-order valence-electron chi connectivity index (χ4n) is 1.89. The molecule has 2 rings (SSSR count). The molecule has 1 unspecified atom stereocenters. The van der Waals surface area contributed by atoms with Gasteiger partial charge in [-0.1, -0.05) is 18.2 Å². The average Bonchev–Trinajstić information content (AvgIpc) is 2.60. The Bertz CT molecular complexity index is 542. The second kappa shape index (κ2) is 4.65. The van der Waals surface area contributed by atoms with E-state index in [1.165, 1.54) is 0 Å². The number of hydrogen-bond donors (Lipinski definition) is 1. The van der Waals surface area contributed by atoms with Crippen LogP contribution in [-0.4, -0.2) is 11.5 Å². The number of carbonyl (C=O) groups is 1. The summed E-state index contributed by atoms with van der Waals surface area (Å²) in [6, 6.07) is 9.13. The summed E-state index contributed by atoms with van der Waals surface area (Å²) in [7, 11) is 0. The Morgan fingerprint density at radius 3 is 2.68 bits per heavy atom. The first kappa shape index (κ1) is 13.5. The van der Waals surface area contributed by atoms with Crippen LogP contribution in [0.3, 0.4) is 0 Å². The molecule has 5 nitrogen and oxygen atoms in total. The summed E-state index contributed by atoms with van der Waals surface area (Å²) in [6.07, 6.45) is -0.105. The first-order chi connectivity index (χ1) is 8.89. The van der Waals surface area contributed by atoms with E-state index in [1.54, 1.807) is 18.2 Å². The van der Waals surface area contributed by atoms with Crippen molar-refractivity contribution in [1.29, 1.82) is 5.26 Å². The zero-order chi connectivity index (χ0) is 14.1. The molecule has 1 N–H and O–H groups in total. The van der Waals surface area contributed by atoms with Gasteiger partial charge in [0.15, 0.2) is 0 Å². The minimum Gasteiger partial charge on any atom is -0.323 e. The number of para-hydroxylation sites is 1. The van der Waals surface area contributed by atoms with Gasteiger partial charge in [-0.25, -0.2) is 9.78 Å². The van der Waals surface area contributed by atoms with Crippen LogP contribution in [0.15, 0.2) is 24.3 Å². The first-order valence-electron chi connectivity index (χ1n) is 6.04. The van der Waals surface area contributed by atoms with E-state index in [0.29, 0.717) is 11.3 Å². The average molecular weight is 260 g/mol. The second-order valence-electron chi connectivity index (χ2n) is 5.44. The SMILES string of the molecule is CC(C)(C)OOC1(CC#N)C(=O)Nc2ccccc21. The molecule has 0 saturated carbocycles. The molecule has 1 aliphatic heterocycles. The standard InChI is InChI=1S/C14H16N2O3/c1-13(2,3)18-19-14(8-9-15)10-6-4-5-7-11(10)16-12(14)17/h4-7H,8H2,1-3H3,(H,16,17). The predicted molar refractivity (Wildman–Crippen MR) is 68.9 cm³/mol. The quantitative estimate of drug-likeness (QED) is 0.669. The lowest BCUT2D eigenvalue weighted by molar-refractivity contribution is -0.396. The molecule has 1 amide bonds. The maximum atomic E-state index is 12.2. The Morgan fingerprint density at radius 2 is 2.05 bits per heavy atom. The van der Waals surface area contributed by atoms with Gasteiger partial charge in [0.05, 0.1) is 18.1 Å². The molecular weight excluding hydrogens is 244 g/mol. The summed E-state index contributed by atoms with van der Waals surface area (Å²) in [5, 5.41) is 11.7. The molecule has 5 heteroatoms. The molecule has 1 heterocycles. The van der Waals surface area contributed by atoms with Crippen LogP contribution >= 0.6 is 0 Å². The number of benzene rings is 1. The summed E-state index contributed by atoms with van der Waals surface area (Å²) in [5.41, 5.74) is -0.676. The van der Waals surface area contributed by atoms with E-state index in [2.05, 4.69) is 5.32 Å². The van der Waals surface area contributed by atoms with Crippen LogP contribution in [0.5, 0.6) is 0 Å². The van der Waals surface area contributed by atoms with E-state index in [4.69, 9.17) is 15.0 Å². The highest BCUT2D eigenvalue weighted by Crippen LogP contribution is 2.41. The zero-order valence-corrected chi connectivity index (χ0v) is 11.2. The lowest BCUT2D eigenvalue weighted by atomic mass is 9.92. The Labute approximate surface area is 112 Å². The molecule has 19 heavy (non-hydrogen) atoms. The lowest BCUT2D eigenvalue weighted by Gasteiger charge is -2.28. The number of rotatable bonds is 3. The van der Waals surface area contributed by atoms with E-state index in [0.717, 1.165) is 0 Å². The zero-order valence-electron chi connectivity index (χ0n) is 11.2. The molecule has 1 aromatic rings. The van der Waals surface area contributed by atoms with Crippen molar-refractivity contribution in [2.75, 3.05) is 5.32 Å². The van der Waals surface area contributed by atoms with E-state index in [9.17, 15) is 4.79 Å². The molecule has 1 aliphatic rings. The monoisotopic (exact) mass is 260 g/mol. The molecule has 1 atom stereocenters. The molecule has 100 valence electrons. The molecule has 0 spiro atoms. The smallest absolute Gasteiger partial charge is 0.265 e. The molecule has 0 aromatic heterocycles. The summed E-state index contributed by atoms with van der Waals surface area (Å²) in [5.74, 6) is -0.375. The first-order valence-corrected chi connectivity index (χ1v) is 6.04. The van der Waals surface area contributed by atoms with Crippen LogP contribution in [0.2, 0.25) is 0 Å². The number of hydrogen-bond acceptors (Lipinski definition) is 4. The largest absolute Gasteiger partial charge is 0.323 e. The van der Waals surface area contributed by atoms with Gasteiger partial charge in [0.25, 0.3) is 5.91 Å². The number of fused-ring (bicyclic) bond motifs is 1. The number of amides is 1. The molecule has 0 bridgehead atoms. The highest BCUT2D eigenvalue weighted by atomic mass is 17.2. The third-order valence-electron chi connectivity index (χ3n) is 2.74. The Balaban J connectivity index is 2.39. The van der Waals surface area contributed by atoms with Crippen LogP contribution < -0.4 is 5.32 Å². The van der Waals surface area contributed by atoms with Gasteiger partial charge in [-0.05, 0) is 26.8 Å². The Hall–Kier alpha value is -1.90. The fourth-order valence-corrected chi connectivity index (χ4v) is 1.89. The summed E-state index contributed by atoms with van der Waals surface area (Å²) in [4.78, 5) is 22.9. The minimum absolute atomic E-state index is 0.105. The van der Waals surface area contributed by atoms with Crippen molar-refractivity contribution >= 4 is 11.6 Å². The van der Waals surface area contributed by atoms with Gasteiger partial charge in [-0.15, -0.1) is 0 Å². The molecule has 0 aliphatic carbocycles. The third kappa shape index (κ3) is 2.46. The van der Waals surface area contributed by atoms with Crippen LogP contribution in [0.4, 0.5) is 5.69 Å². The van der Waals surface area contributed by atoms with Gasteiger partial charge in [-0.2, -0.15) is 5.26 Å². The summed E-state index contributed by atoms with van der Waals surface area (Å²) < 4.78 is 0. The second-order valence-corrected chi connectivity index (χ2v) is 5.44. The van der Waals surface area contributed by atoms with E-state index < -0.39 is 11.2 Å². The van der Waals surface area contributed by atoms with Gasteiger partial charge in [0.2, 0.25) is 5.60 Å². The van der Waals surface area contributed by atoms with Crippen molar-refractivity contribution in [3.63, 3.8) is 0 Å².